The summed E-state index contributed by atoms with van der Waals surface area (Å²) < 4.78 is 29.2. The van der Waals surface area contributed by atoms with Gasteiger partial charge in [0.2, 0.25) is 0 Å². The Bertz CT molecular complexity index is 586. The monoisotopic (exact) mass is 332 g/mol. The van der Waals surface area contributed by atoms with E-state index in [2.05, 4.69) is 6.92 Å². The van der Waals surface area contributed by atoms with Crippen LogP contribution in [-0.4, -0.2) is 15.0 Å². The van der Waals surface area contributed by atoms with Gasteiger partial charge >= 0.3 is 0 Å². The van der Waals surface area contributed by atoms with Gasteiger partial charge in [0.25, 0.3) is 9.05 Å². The Balaban J connectivity index is 3.21. The highest BCUT2D eigenvalue weighted by Crippen LogP contribution is 2.36. The van der Waals surface area contributed by atoms with Crippen molar-refractivity contribution >= 4 is 19.7 Å². The van der Waals surface area contributed by atoms with Gasteiger partial charge in [-0.15, -0.1) is 0 Å². The van der Waals surface area contributed by atoms with Crippen LogP contribution in [0.3, 0.4) is 0 Å². The summed E-state index contributed by atoms with van der Waals surface area (Å²) in [5.41, 5.74) is 1.26. The zero-order valence-corrected chi connectivity index (χ0v) is 15.1. The van der Waals surface area contributed by atoms with Crippen LogP contribution in [0.1, 0.15) is 58.1 Å². The van der Waals surface area contributed by atoms with Crippen LogP contribution in [0, 0.1) is 6.92 Å². The standard InChI is InChI=1S/C16H25ClO3S/c1-6-7-8-9-20-14-10-12(2)15(21(17,18)19)11-13(14)16(3,4)5/h10-11H,6-9H2,1-5H3. The first kappa shape index (κ1) is 18.3. The number of rotatable bonds is 6. The van der Waals surface area contributed by atoms with E-state index in [4.69, 9.17) is 15.4 Å². The van der Waals surface area contributed by atoms with Crippen molar-refractivity contribution in [3.05, 3.63) is 23.3 Å². The number of hydrogen-bond donors (Lipinski definition) is 0. The molecule has 120 valence electrons. The van der Waals surface area contributed by atoms with Crippen molar-refractivity contribution in [1.82, 2.24) is 0 Å². The van der Waals surface area contributed by atoms with Gasteiger partial charge in [-0.3, -0.25) is 0 Å². The summed E-state index contributed by atoms with van der Waals surface area (Å²) in [6, 6.07) is 3.43. The van der Waals surface area contributed by atoms with Crippen LogP contribution in [0.4, 0.5) is 0 Å². The van der Waals surface area contributed by atoms with Gasteiger partial charge in [-0.1, -0.05) is 40.5 Å². The molecule has 0 saturated heterocycles. The summed E-state index contributed by atoms with van der Waals surface area (Å²) in [5, 5.41) is 0. The second kappa shape index (κ2) is 7.01. The molecule has 5 heteroatoms. The molecule has 0 fully saturated rings. The lowest BCUT2D eigenvalue weighted by atomic mass is 9.86. The van der Waals surface area contributed by atoms with Crippen molar-refractivity contribution in [2.45, 2.75) is 64.2 Å². The smallest absolute Gasteiger partial charge is 0.261 e. The maximum atomic E-state index is 11.7. The molecule has 0 radical (unpaired) electrons. The Labute approximate surface area is 133 Å². The third-order valence-corrected chi connectivity index (χ3v) is 4.82. The molecule has 21 heavy (non-hydrogen) atoms. The average molecular weight is 333 g/mol. The molecule has 0 bridgehead atoms. The third kappa shape index (κ3) is 5.19. The minimum atomic E-state index is -3.75. The van der Waals surface area contributed by atoms with Gasteiger partial charge in [0, 0.05) is 16.2 Å². The summed E-state index contributed by atoms with van der Waals surface area (Å²) in [6.45, 7) is 10.6. The van der Waals surface area contributed by atoms with Crippen LogP contribution in [0.5, 0.6) is 5.75 Å². The molecule has 1 aromatic rings. The number of benzene rings is 1. The molecular weight excluding hydrogens is 308 g/mol. The van der Waals surface area contributed by atoms with Crippen LogP contribution in [0.25, 0.3) is 0 Å². The van der Waals surface area contributed by atoms with Crippen molar-refractivity contribution in [1.29, 1.82) is 0 Å². The Hall–Kier alpha value is -0.740. The zero-order chi connectivity index (χ0) is 16.3. The van der Waals surface area contributed by atoms with Gasteiger partial charge in [-0.25, -0.2) is 8.42 Å². The molecule has 0 aliphatic heterocycles. The fourth-order valence-electron chi connectivity index (χ4n) is 2.16. The predicted molar refractivity (Wildman–Crippen MR) is 87.9 cm³/mol. The van der Waals surface area contributed by atoms with E-state index in [1.165, 1.54) is 0 Å². The fourth-order valence-corrected chi connectivity index (χ4v) is 3.36. The maximum Gasteiger partial charge on any atom is 0.261 e. The van der Waals surface area contributed by atoms with Crippen molar-refractivity contribution in [2.75, 3.05) is 6.61 Å². The van der Waals surface area contributed by atoms with E-state index in [1.807, 2.05) is 20.8 Å². The van der Waals surface area contributed by atoms with Gasteiger partial charge in [-0.05, 0) is 36.5 Å². The molecule has 0 unspecified atom stereocenters. The molecule has 0 amide bonds. The fraction of sp³-hybridized carbons (Fsp3) is 0.625. The first-order chi connectivity index (χ1) is 9.57. The van der Waals surface area contributed by atoms with Crippen LogP contribution in [0.2, 0.25) is 0 Å². The summed E-state index contributed by atoms with van der Waals surface area (Å²) in [6.07, 6.45) is 3.25. The highest BCUT2D eigenvalue weighted by molar-refractivity contribution is 8.13. The third-order valence-electron chi connectivity index (χ3n) is 3.35. The van der Waals surface area contributed by atoms with Gasteiger partial charge in [0.05, 0.1) is 11.5 Å². The molecule has 0 spiro atoms. The maximum absolute atomic E-state index is 11.7. The molecule has 0 aliphatic rings. The highest BCUT2D eigenvalue weighted by Gasteiger charge is 2.24. The number of halogens is 1. The van der Waals surface area contributed by atoms with Gasteiger partial charge in [0.15, 0.2) is 0 Å². The van der Waals surface area contributed by atoms with Crippen molar-refractivity contribution < 1.29 is 13.2 Å². The zero-order valence-electron chi connectivity index (χ0n) is 13.5. The topological polar surface area (TPSA) is 43.4 Å². The van der Waals surface area contributed by atoms with E-state index in [1.54, 1.807) is 19.1 Å². The van der Waals surface area contributed by atoms with Crippen LogP contribution in [-0.2, 0) is 14.5 Å². The summed E-state index contributed by atoms with van der Waals surface area (Å²) in [4.78, 5) is 0.162. The summed E-state index contributed by atoms with van der Waals surface area (Å²) in [5.74, 6) is 0.750. The number of unbranched alkanes of at least 4 members (excludes halogenated alkanes) is 2. The summed E-state index contributed by atoms with van der Waals surface area (Å²) in [7, 11) is 1.77. The Morgan fingerprint density at radius 3 is 2.29 bits per heavy atom. The van der Waals surface area contributed by atoms with E-state index in [-0.39, 0.29) is 10.3 Å². The van der Waals surface area contributed by atoms with E-state index in [0.29, 0.717) is 12.2 Å². The normalized spacial score (nSPS) is 12.5. The van der Waals surface area contributed by atoms with Gasteiger partial charge in [0.1, 0.15) is 5.75 Å². The van der Waals surface area contributed by atoms with Crippen molar-refractivity contribution in [2.24, 2.45) is 0 Å². The lowest BCUT2D eigenvalue weighted by Gasteiger charge is -2.24. The molecule has 0 aliphatic carbocycles. The van der Waals surface area contributed by atoms with E-state index in [9.17, 15) is 8.42 Å². The first-order valence-electron chi connectivity index (χ1n) is 7.30. The minimum Gasteiger partial charge on any atom is -0.493 e. The molecule has 0 atom stereocenters. The Kier molecular flexibility index (Phi) is 6.11. The number of hydrogen-bond acceptors (Lipinski definition) is 3. The molecule has 0 saturated carbocycles. The van der Waals surface area contributed by atoms with Crippen LogP contribution >= 0.6 is 10.7 Å². The molecule has 1 rings (SSSR count). The van der Waals surface area contributed by atoms with E-state index >= 15 is 0 Å². The predicted octanol–water partition coefficient (Wildman–Crippen LogP) is 4.79. The number of aryl methyl sites for hydroxylation is 1. The largest absolute Gasteiger partial charge is 0.493 e. The minimum absolute atomic E-state index is 0.162. The molecule has 0 N–H and O–H groups in total. The second-order valence-electron chi connectivity index (χ2n) is 6.36. The Morgan fingerprint density at radius 1 is 1.19 bits per heavy atom. The molecule has 1 aromatic carbocycles. The quantitative estimate of drug-likeness (QED) is 0.555. The molecule has 0 heterocycles. The van der Waals surface area contributed by atoms with Crippen LogP contribution in [0.15, 0.2) is 17.0 Å². The van der Waals surface area contributed by atoms with Crippen molar-refractivity contribution in [3.63, 3.8) is 0 Å². The highest BCUT2D eigenvalue weighted by atomic mass is 35.7. The Morgan fingerprint density at radius 2 is 1.81 bits per heavy atom. The first-order valence-corrected chi connectivity index (χ1v) is 9.61. The van der Waals surface area contributed by atoms with Crippen molar-refractivity contribution in [3.8, 4) is 5.75 Å². The van der Waals surface area contributed by atoms with Crippen LogP contribution < -0.4 is 4.74 Å². The molecular formula is C16H25ClO3S. The lowest BCUT2D eigenvalue weighted by molar-refractivity contribution is 0.298. The second-order valence-corrected chi connectivity index (χ2v) is 8.89. The number of ether oxygens (including phenoxy) is 1. The molecule has 3 nitrogen and oxygen atoms in total. The van der Waals surface area contributed by atoms with E-state index < -0.39 is 9.05 Å². The lowest BCUT2D eigenvalue weighted by Crippen LogP contribution is -2.15. The SMILES string of the molecule is CCCCCOc1cc(C)c(S(=O)(=O)Cl)cc1C(C)(C)C. The van der Waals surface area contributed by atoms with Gasteiger partial charge < -0.3 is 4.74 Å². The average Bonchev–Trinajstić information content (AvgIpc) is 2.31. The van der Waals surface area contributed by atoms with Gasteiger partial charge in [-0.2, -0.15) is 0 Å². The molecule has 0 aromatic heterocycles. The van der Waals surface area contributed by atoms with E-state index in [0.717, 1.165) is 30.6 Å². The summed E-state index contributed by atoms with van der Waals surface area (Å²) >= 11 is 0.